The maximum Gasteiger partial charge on any atom is 0.262 e. The molecule has 0 saturated heterocycles. The summed E-state index contributed by atoms with van der Waals surface area (Å²) in [7, 11) is 0. The van der Waals surface area contributed by atoms with Crippen molar-refractivity contribution in [3.63, 3.8) is 0 Å². The van der Waals surface area contributed by atoms with Gasteiger partial charge in [0.2, 0.25) is 0 Å². The van der Waals surface area contributed by atoms with Crippen LogP contribution in [0, 0.1) is 13.8 Å². The summed E-state index contributed by atoms with van der Waals surface area (Å²) < 4.78 is 7.05. The molecule has 3 rings (SSSR count). The van der Waals surface area contributed by atoms with E-state index in [1.807, 2.05) is 32.0 Å². The summed E-state index contributed by atoms with van der Waals surface area (Å²) in [5.74, 6) is 0.000787. The predicted octanol–water partition coefficient (Wildman–Crippen LogP) is 4.47. The molecule has 1 heterocycles. The highest BCUT2D eigenvalue weighted by atomic mass is 35.5. The number of fused-ring (bicyclic) bond motifs is 1. The van der Waals surface area contributed by atoms with E-state index in [0.717, 1.165) is 27.7 Å². The minimum Gasteiger partial charge on any atom is -0.380 e. The van der Waals surface area contributed by atoms with Gasteiger partial charge < -0.3 is 10.5 Å². The average molecular weight is 427 g/mol. The van der Waals surface area contributed by atoms with Gasteiger partial charge in [-0.05, 0) is 62.2 Å². The van der Waals surface area contributed by atoms with E-state index in [0.29, 0.717) is 49.6 Å². The number of hydrogen-bond acceptors (Lipinski definition) is 4. The van der Waals surface area contributed by atoms with E-state index in [1.54, 1.807) is 28.8 Å². The van der Waals surface area contributed by atoms with Crippen molar-refractivity contribution in [2.45, 2.75) is 33.1 Å². The van der Waals surface area contributed by atoms with E-state index in [4.69, 9.17) is 22.1 Å². The second-order valence-electron chi connectivity index (χ2n) is 7.45. The Morgan fingerprint density at radius 3 is 2.50 bits per heavy atom. The van der Waals surface area contributed by atoms with Crippen molar-refractivity contribution in [3.05, 3.63) is 69.9 Å². The van der Waals surface area contributed by atoms with Gasteiger partial charge in [-0.2, -0.15) is 0 Å². The van der Waals surface area contributed by atoms with Gasteiger partial charge in [-0.25, -0.2) is 0 Å². The van der Waals surface area contributed by atoms with Gasteiger partial charge in [0.15, 0.2) is 0 Å². The third-order valence-corrected chi connectivity index (χ3v) is 5.42. The van der Waals surface area contributed by atoms with Crippen LogP contribution in [0.15, 0.2) is 42.5 Å². The molecule has 0 spiro atoms. The van der Waals surface area contributed by atoms with E-state index in [2.05, 4.69) is 0 Å². The first-order valence-corrected chi connectivity index (χ1v) is 10.5. The molecule has 0 saturated carbocycles. The van der Waals surface area contributed by atoms with Gasteiger partial charge in [-0.1, -0.05) is 23.2 Å². The summed E-state index contributed by atoms with van der Waals surface area (Å²) in [6, 6.07) is 12.8. The number of Topliss-reactive ketones (excluding diaryl/α,β-unsaturated/α-hetero) is 1. The van der Waals surface area contributed by atoms with Gasteiger partial charge in [0.1, 0.15) is 5.78 Å². The van der Waals surface area contributed by atoms with Gasteiger partial charge in [-0.15, -0.1) is 0 Å². The van der Waals surface area contributed by atoms with Crippen LogP contribution in [0.1, 0.15) is 40.0 Å². The van der Waals surface area contributed by atoms with Gasteiger partial charge in [0.05, 0.1) is 12.1 Å². The predicted molar refractivity (Wildman–Crippen MR) is 120 cm³/mol. The summed E-state index contributed by atoms with van der Waals surface area (Å²) in [5, 5.41) is 1.53. The summed E-state index contributed by atoms with van der Waals surface area (Å²) in [6.45, 7) is 5.42. The van der Waals surface area contributed by atoms with Gasteiger partial charge >= 0.3 is 0 Å². The second-order valence-corrected chi connectivity index (χ2v) is 7.89. The molecule has 5 nitrogen and oxygen atoms in total. The summed E-state index contributed by atoms with van der Waals surface area (Å²) in [6.07, 6.45) is 1.40. The molecule has 6 heteroatoms. The third kappa shape index (κ3) is 4.98. The lowest BCUT2D eigenvalue weighted by atomic mass is 10.0. The van der Waals surface area contributed by atoms with Crippen LogP contribution >= 0.6 is 11.6 Å². The normalized spacial score (nSPS) is 11.2. The first kappa shape index (κ1) is 22.2. The summed E-state index contributed by atoms with van der Waals surface area (Å²) in [5.41, 5.74) is 9.55. The number of carbonyl (C=O) groups is 2. The molecule has 0 amide bonds. The summed E-state index contributed by atoms with van der Waals surface area (Å²) in [4.78, 5) is 25.9. The fraction of sp³-hybridized carbons (Fsp3) is 0.333. The van der Waals surface area contributed by atoms with Crippen LogP contribution < -0.4 is 5.73 Å². The number of halogens is 1. The van der Waals surface area contributed by atoms with Crippen LogP contribution in [0.25, 0.3) is 10.9 Å². The van der Waals surface area contributed by atoms with Crippen LogP contribution in [0.5, 0.6) is 0 Å². The van der Waals surface area contributed by atoms with Crippen LogP contribution in [0.3, 0.4) is 0 Å². The number of rotatable bonds is 9. The number of aromatic nitrogens is 1. The highest BCUT2D eigenvalue weighted by Gasteiger charge is 2.21. The second kappa shape index (κ2) is 10.0. The van der Waals surface area contributed by atoms with Crippen molar-refractivity contribution in [1.82, 2.24) is 4.57 Å². The first-order valence-electron chi connectivity index (χ1n) is 10.1. The largest absolute Gasteiger partial charge is 0.380 e. The minimum absolute atomic E-state index is 0.132. The van der Waals surface area contributed by atoms with Crippen molar-refractivity contribution in [2.75, 3.05) is 19.8 Å². The molecule has 2 N–H and O–H groups in total. The molecular formula is C24H27ClN2O3. The molecule has 0 fully saturated rings. The lowest BCUT2D eigenvalue weighted by Crippen LogP contribution is -2.14. The van der Waals surface area contributed by atoms with Crippen molar-refractivity contribution in [3.8, 4) is 0 Å². The number of ether oxygens (including phenoxy) is 1. The standard InChI is InChI=1S/C24H27ClN2O3/c1-16-5-10-23-22(14-16)21(15-20(28)4-3-12-30-13-11-26)17(2)27(23)24(29)18-6-8-19(25)9-7-18/h5-10,14H,3-4,11-13,15,26H2,1-2H3. The molecule has 0 aliphatic heterocycles. The molecule has 0 atom stereocenters. The van der Waals surface area contributed by atoms with Crippen LogP contribution in [-0.4, -0.2) is 36.0 Å². The van der Waals surface area contributed by atoms with Gasteiger partial charge in [-0.3, -0.25) is 14.2 Å². The van der Waals surface area contributed by atoms with E-state index in [-0.39, 0.29) is 11.7 Å². The maximum absolute atomic E-state index is 13.3. The maximum atomic E-state index is 13.3. The van der Waals surface area contributed by atoms with Crippen LogP contribution in [-0.2, 0) is 16.0 Å². The Hall–Kier alpha value is -2.47. The lowest BCUT2D eigenvalue weighted by Gasteiger charge is -2.08. The molecule has 3 aromatic rings. The monoisotopic (exact) mass is 426 g/mol. The Bertz CT molecular complexity index is 1050. The molecule has 0 aliphatic carbocycles. The topological polar surface area (TPSA) is 74.3 Å². The molecule has 0 aliphatic rings. The molecule has 0 bridgehead atoms. The van der Waals surface area contributed by atoms with Crippen molar-refractivity contribution >= 4 is 34.2 Å². The smallest absolute Gasteiger partial charge is 0.262 e. The zero-order valence-electron chi connectivity index (χ0n) is 17.4. The van der Waals surface area contributed by atoms with Crippen molar-refractivity contribution < 1.29 is 14.3 Å². The highest BCUT2D eigenvalue weighted by Crippen LogP contribution is 2.29. The van der Waals surface area contributed by atoms with E-state index < -0.39 is 0 Å². The Morgan fingerprint density at radius 1 is 1.07 bits per heavy atom. The first-order chi connectivity index (χ1) is 14.4. The van der Waals surface area contributed by atoms with Crippen LogP contribution in [0.2, 0.25) is 5.02 Å². The molecule has 30 heavy (non-hydrogen) atoms. The van der Waals surface area contributed by atoms with Crippen LogP contribution in [0.4, 0.5) is 0 Å². The SMILES string of the molecule is Cc1ccc2c(c1)c(CC(=O)CCCOCCN)c(C)n2C(=O)c1ccc(Cl)cc1. The Kier molecular flexibility index (Phi) is 7.43. The molecule has 158 valence electrons. The average Bonchev–Trinajstić information content (AvgIpc) is 2.99. The molecular weight excluding hydrogens is 400 g/mol. The Labute approximate surface area is 181 Å². The van der Waals surface area contributed by atoms with Gasteiger partial charge in [0.25, 0.3) is 5.91 Å². The Balaban J connectivity index is 1.90. The number of nitrogens with two attached hydrogens (primary N) is 1. The fourth-order valence-electron chi connectivity index (χ4n) is 3.65. The zero-order chi connectivity index (χ0) is 21.7. The van der Waals surface area contributed by atoms with E-state index in [9.17, 15) is 9.59 Å². The molecule has 1 aromatic heterocycles. The van der Waals surface area contributed by atoms with Crippen molar-refractivity contribution in [2.24, 2.45) is 5.73 Å². The number of benzene rings is 2. The Morgan fingerprint density at radius 2 is 1.80 bits per heavy atom. The number of nitrogens with zero attached hydrogens (tertiary/aromatic N) is 1. The number of aryl methyl sites for hydroxylation is 1. The molecule has 0 unspecified atom stereocenters. The third-order valence-electron chi connectivity index (χ3n) is 5.16. The quantitative estimate of drug-likeness (QED) is 0.512. The molecule has 0 radical (unpaired) electrons. The number of carbonyl (C=O) groups excluding carboxylic acids is 2. The summed E-state index contributed by atoms with van der Waals surface area (Å²) >= 11 is 5.97. The minimum atomic E-state index is -0.132. The highest BCUT2D eigenvalue weighted by molar-refractivity contribution is 6.30. The van der Waals surface area contributed by atoms with Crippen molar-refractivity contribution in [1.29, 1.82) is 0 Å². The van der Waals surface area contributed by atoms with E-state index in [1.165, 1.54) is 0 Å². The fourth-order valence-corrected chi connectivity index (χ4v) is 3.77. The zero-order valence-corrected chi connectivity index (χ0v) is 18.2. The van der Waals surface area contributed by atoms with Gasteiger partial charge in [0, 0.05) is 47.7 Å². The molecule has 2 aromatic carbocycles. The lowest BCUT2D eigenvalue weighted by molar-refractivity contribution is -0.118. The number of ketones is 1. The number of hydrogen-bond donors (Lipinski definition) is 1. The van der Waals surface area contributed by atoms with E-state index >= 15 is 0 Å².